The van der Waals surface area contributed by atoms with Crippen molar-refractivity contribution in [2.45, 2.75) is 77.2 Å². The van der Waals surface area contributed by atoms with E-state index in [-0.39, 0.29) is 5.97 Å². The summed E-state index contributed by atoms with van der Waals surface area (Å²) in [6, 6.07) is 2.26. The van der Waals surface area contributed by atoms with Gasteiger partial charge in [-0.15, -0.1) is 0 Å². The maximum absolute atomic E-state index is 11.5. The Bertz CT molecular complexity index is 855. The summed E-state index contributed by atoms with van der Waals surface area (Å²) in [5, 5.41) is 7.51. The SMILES string of the molecule is CC(=O)OC1(Cc2nc(CCc3cc4c(nc3C)NCCC4)no2)CCCC1. The van der Waals surface area contributed by atoms with E-state index in [0.29, 0.717) is 24.6 Å². The number of aromatic nitrogens is 3. The summed E-state index contributed by atoms with van der Waals surface area (Å²) in [5.74, 6) is 2.04. The Morgan fingerprint density at radius 1 is 1.25 bits per heavy atom. The second-order valence-corrected chi connectivity index (χ2v) is 8.04. The number of rotatable bonds is 6. The number of anilines is 1. The number of carbonyl (C=O) groups is 1. The highest BCUT2D eigenvalue weighted by atomic mass is 16.6. The third-order valence-electron chi connectivity index (χ3n) is 5.79. The topological polar surface area (TPSA) is 90.1 Å². The van der Waals surface area contributed by atoms with Gasteiger partial charge in [0.15, 0.2) is 5.82 Å². The van der Waals surface area contributed by atoms with Crippen LogP contribution in [0.4, 0.5) is 5.82 Å². The Morgan fingerprint density at radius 3 is 2.86 bits per heavy atom. The van der Waals surface area contributed by atoms with Gasteiger partial charge in [0, 0.05) is 25.6 Å². The van der Waals surface area contributed by atoms with E-state index in [1.54, 1.807) is 0 Å². The zero-order valence-electron chi connectivity index (χ0n) is 16.7. The molecule has 2 aromatic heterocycles. The van der Waals surface area contributed by atoms with Gasteiger partial charge < -0.3 is 14.6 Å². The number of fused-ring (bicyclic) bond motifs is 1. The van der Waals surface area contributed by atoms with E-state index >= 15 is 0 Å². The van der Waals surface area contributed by atoms with Gasteiger partial charge in [-0.3, -0.25) is 4.79 Å². The van der Waals surface area contributed by atoms with Crippen molar-refractivity contribution in [3.05, 3.63) is 34.6 Å². The number of hydrogen-bond donors (Lipinski definition) is 1. The normalized spacial score (nSPS) is 17.8. The Labute approximate surface area is 165 Å². The van der Waals surface area contributed by atoms with Crippen molar-refractivity contribution in [1.82, 2.24) is 15.1 Å². The molecule has 0 bridgehead atoms. The predicted octanol–water partition coefficient (Wildman–Crippen LogP) is 3.33. The minimum absolute atomic E-state index is 0.244. The number of hydrogen-bond acceptors (Lipinski definition) is 7. The van der Waals surface area contributed by atoms with Gasteiger partial charge in [0.1, 0.15) is 11.4 Å². The van der Waals surface area contributed by atoms with Crippen molar-refractivity contribution < 1.29 is 14.1 Å². The van der Waals surface area contributed by atoms with Crippen LogP contribution in [0.3, 0.4) is 0 Å². The molecule has 0 spiro atoms. The maximum Gasteiger partial charge on any atom is 0.303 e. The van der Waals surface area contributed by atoms with Crippen LogP contribution in [0.5, 0.6) is 0 Å². The fourth-order valence-corrected chi connectivity index (χ4v) is 4.40. The van der Waals surface area contributed by atoms with Crippen LogP contribution in [0.1, 0.15) is 67.6 Å². The second kappa shape index (κ2) is 7.89. The van der Waals surface area contributed by atoms with Crippen molar-refractivity contribution in [2.24, 2.45) is 0 Å². The van der Waals surface area contributed by atoms with Gasteiger partial charge in [-0.25, -0.2) is 4.98 Å². The summed E-state index contributed by atoms with van der Waals surface area (Å²) in [7, 11) is 0. The minimum atomic E-state index is -0.471. The number of aryl methyl sites for hydroxylation is 4. The second-order valence-electron chi connectivity index (χ2n) is 8.04. The van der Waals surface area contributed by atoms with E-state index in [0.717, 1.165) is 63.0 Å². The molecule has 7 nitrogen and oxygen atoms in total. The van der Waals surface area contributed by atoms with Gasteiger partial charge in [0.05, 0.1) is 6.42 Å². The molecule has 150 valence electrons. The summed E-state index contributed by atoms with van der Waals surface area (Å²) < 4.78 is 11.1. The summed E-state index contributed by atoms with van der Waals surface area (Å²) in [6.07, 6.45) is 8.12. The average molecular weight is 384 g/mol. The lowest BCUT2D eigenvalue weighted by molar-refractivity contribution is -0.156. The fraction of sp³-hybridized carbons (Fsp3) is 0.619. The van der Waals surface area contributed by atoms with Crippen LogP contribution >= 0.6 is 0 Å². The molecule has 1 aliphatic carbocycles. The Morgan fingerprint density at radius 2 is 2.07 bits per heavy atom. The Balaban J connectivity index is 1.41. The largest absolute Gasteiger partial charge is 0.459 e. The first-order valence-electron chi connectivity index (χ1n) is 10.3. The average Bonchev–Trinajstić information content (AvgIpc) is 3.29. The molecule has 1 saturated carbocycles. The monoisotopic (exact) mass is 384 g/mol. The highest BCUT2D eigenvalue weighted by Crippen LogP contribution is 2.36. The molecular formula is C21H28N4O3. The predicted molar refractivity (Wildman–Crippen MR) is 104 cm³/mol. The van der Waals surface area contributed by atoms with Gasteiger partial charge >= 0.3 is 5.97 Å². The Kier molecular flexibility index (Phi) is 5.33. The molecule has 0 aromatic carbocycles. The first-order valence-corrected chi connectivity index (χ1v) is 10.3. The van der Waals surface area contributed by atoms with Gasteiger partial charge in [0.25, 0.3) is 0 Å². The van der Waals surface area contributed by atoms with E-state index in [1.165, 1.54) is 18.1 Å². The molecule has 1 fully saturated rings. The van der Waals surface area contributed by atoms with Crippen molar-refractivity contribution >= 4 is 11.8 Å². The standard InChI is InChI=1S/C21H28N4O3/c1-14-16(12-17-6-5-11-22-20(17)23-14)7-8-18-24-19(28-25-18)13-21(27-15(2)26)9-3-4-10-21/h12H,3-11,13H2,1-2H3,(H,22,23). The molecule has 28 heavy (non-hydrogen) atoms. The molecule has 4 rings (SSSR count). The van der Waals surface area contributed by atoms with E-state index in [9.17, 15) is 4.79 Å². The molecule has 0 radical (unpaired) electrons. The zero-order chi connectivity index (χ0) is 19.6. The number of carbonyl (C=O) groups excluding carboxylic acids is 1. The van der Waals surface area contributed by atoms with Crippen molar-refractivity contribution in [1.29, 1.82) is 0 Å². The van der Waals surface area contributed by atoms with E-state index in [1.807, 2.05) is 0 Å². The van der Waals surface area contributed by atoms with E-state index < -0.39 is 5.60 Å². The van der Waals surface area contributed by atoms with Crippen LogP contribution in [-0.4, -0.2) is 33.2 Å². The van der Waals surface area contributed by atoms with Crippen molar-refractivity contribution in [3.8, 4) is 0 Å². The van der Waals surface area contributed by atoms with E-state index in [2.05, 4.69) is 28.4 Å². The fourth-order valence-electron chi connectivity index (χ4n) is 4.40. The highest BCUT2D eigenvalue weighted by Gasteiger charge is 2.39. The number of pyridine rings is 1. The van der Waals surface area contributed by atoms with Crippen LogP contribution < -0.4 is 5.32 Å². The molecule has 1 N–H and O–H groups in total. The Hall–Kier alpha value is -2.44. The molecule has 0 amide bonds. The third kappa shape index (κ3) is 4.18. The minimum Gasteiger partial charge on any atom is -0.459 e. The van der Waals surface area contributed by atoms with Crippen molar-refractivity contribution in [2.75, 3.05) is 11.9 Å². The number of nitrogens with one attached hydrogen (secondary N) is 1. The van der Waals surface area contributed by atoms with Crippen LogP contribution in [0.25, 0.3) is 0 Å². The first kappa shape index (κ1) is 18.9. The third-order valence-corrected chi connectivity index (χ3v) is 5.79. The van der Waals surface area contributed by atoms with E-state index in [4.69, 9.17) is 14.2 Å². The van der Waals surface area contributed by atoms with Crippen molar-refractivity contribution in [3.63, 3.8) is 0 Å². The van der Waals surface area contributed by atoms with Crippen LogP contribution in [0.2, 0.25) is 0 Å². The summed E-state index contributed by atoms with van der Waals surface area (Å²) >= 11 is 0. The van der Waals surface area contributed by atoms with Gasteiger partial charge in [-0.05, 0) is 63.0 Å². The number of nitrogens with zero attached hydrogens (tertiary/aromatic N) is 3. The molecule has 1 aliphatic heterocycles. The zero-order valence-corrected chi connectivity index (χ0v) is 16.7. The van der Waals surface area contributed by atoms with Gasteiger partial charge in [-0.2, -0.15) is 4.98 Å². The summed E-state index contributed by atoms with van der Waals surface area (Å²) in [4.78, 5) is 20.8. The molecule has 2 aromatic rings. The van der Waals surface area contributed by atoms with Crippen LogP contribution in [0, 0.1) is 6.92 Å². The molecule has 7 heteroatoms. The van der Waals surface area contributed by atoms with Gasteiger partial charge in [0.2, 0.25) is 5.89 Å². The lowest BCUT2D eigenvalue weighted by atomic mass is 9.97. The smallest absolute Gasteiger partial charge is 0.303 e. The molecule has 3 heterocycles. The highest BCUT2D eigenvalue weighted by molar-refractivity contribution is 5.66. The van der Waals surface area contributed by atoms with Crippen LogP contribution in [-0.2, 0) is 35.2 Å². The molecular weight excluding hydrogens is 356 g/mol. The summed E-state index contributed by atoms with van der Waals surface area (Å²) in [5.41, 5.74) is 3.12. The van der Waals surface area contributed by atoms with Crippen LogP contribution in [0.15, 0.2) is 10.6 Å². The molecule has 0 saturated heterocycles. The quantitative estimate of drug-likeness (QED) is 0.764. The molecule has 0 unspecified atom stereocenters. The lowest BCUT2D eigenvalue weighted by Crippen LogP contribution is -2.33. The number of esters is 1. The lowest BCUT2D eigenvalue weighted by Gasteiger charge is -2.26. The van der Waals surface area contributed by atoms with Gasteiger partial charge in [-0.1, -0.05) is 11.2 Å². The number of ether oxygens (including phenoxy) is 1. The molecule has 0 atom stereocenters. The summed E-state index contributed by atoms with van der Waals surface area (Å²) in [6.45, 7) is 4.51. The first-order chi connectivity index (χ1) is 13.5. The maximum atomic E-state index is 11.5. The molecule has 2 aliphatic rings.